The molecule has 1 saturated carbocycles. The maximum atomic E-state index is 5.90. The SMILES string of the molecule is Cc1ccc(N)c(-n2ccc(C3CC3)n2)n1. The van der Waals surface area contributed by atoms with Gasteiger partial charge in [-0.05, 0) is 38.0 Å². The van der Waals surface area contributed by atoms with Crippen molar-refractivity contribution in [1.82, 2.24) is 14.8 Å². The second kappa shape index (κ2) is 3.33. The lowest BCUT2D eigenvalue weighted by molar-refractivity contribution is 0.811. The topological polar surface area (TPSA) is 56.7 Å². The molecule has 2 aromatic rings. The molecule has 0 aliphatic heterocycles. The van der Waals surface area contributed by atoms with Crippen molar-refractivity contribution in [2.24, 2.45) is 0 Å². The molecule has 2 aromatic heterocycles. The summed E-state index contributed by atoms with van der Waals surface area (Å²) in [5.41, 5.74) is 8.67. The summed E-state index contributed by atoms with van der Waals surface area (Å²) in [7, 11) is 0. The fourth-order valence-electron chi connectivity index (χ4n) is 1.79. The molecule has 2 N–H and O–H groups in total. The van der Waals surface area contributed by atoms with Crippen LogP contribution in [0.25, 0.3) is 5.82 Å². The highest BCUT2D eigenvalue weighted by molar-refractivity contribution is 5.52. The molecule has 0 amide bonds. The molecule has 4 heteroatoms. The maximum Gasteiger partial charge on any atom is 0.176 e. The summed E-state index contributed by atoms with van der Waals surface area (Å²) in [6.45, 7) is 1.95. The lowest BCUT2D eigenvalue weighted by Crippen LogP contribution is -2.04. The van der Waals surface area contributed by atoms with Gasteiger partial charge in [-0.3, -0.25) is 0 Å². The number of nitrogens with two attached hydrogens (primary N) is 1. The van der Waals surface area contributed by atoms with E-state index < -0.39 is 0 Å². The third-order valence-electron chi connectivity index (χ3n) is 2.87. The Morgan fingerprint density at radius 2 is 2.12 bits per heavy atom. The number of aromatic nitrogens is 3. The average Bonchev–Trinajstić information content (AvgIpc) is 3.01. The molecule has 16 heavy (non-hydrogen) atoms. The zero-order valence-electron chi connectivity index (χ0n) is 9.22. The van der Waals surface area contributed by atoms with Crippen molar-refractivity contribution in [2.45, 2.75) is 25.7 Å². The van der Waals surface area contributed by atoms with E-state index in [9.17, 15) is 0 Å². The first-order valence-electron chi connectivity index (χ1n) is 5.53. The average molecular weight is 214 g/mol. The molecule has 1 aliphatic rings. The molecule has 4 nitrogen and oxygen atoms in total. The Balaban J connectivity index is 2.03. The standard InChI is InChI=1S/C12H14N4/c1-8-2-5-10(13)12(14-8)16-7-6-11(15-16)9-3-4-9/h2,5-7,9H,3-4,13H2,1H3. The van der Waals surface area contributed by atoms with Crippen LogP contribution in [0.1, 0.15) is 30.1 Å². The summed E-state index contributed by atoms with van der Waals surface area (Å²) in [6, 6.07) is 5.83. The number of nitrogens with zero attached hydrogens (tertiary/aromatic N) is 3. The zero-order valence-corrected chi connectivity index (χ0v) is 9.22. The van der Waals surface area contributed by atoms with Gasteiger partial charge in [-0.1, -0.05) is 0 Å². The zero-order chi connectivity index (χ0) is 11.1. The molecular weight excluding hydrogens is 200 g/mol. The van der Waals surface area contributed by atoms with Crippen molar-refractivity contribution >= 4 is 5.69 Å². The normalized spacial score (nSPS) is 15.3. The van der Waals surface area contributed by atoms with Crippen molar-refractivity contribution in [2.75, 3.05) is 5.73 Å². The molecular formula is C12H14N4. The predicted molar refractivity (Wildman–Crippen MR) is 62.5 cm³/mol. The van der Waals surface area contributed by atoms with Crippen LogP contribution in [0, 0.1) is 6.92 Å². The first-order chi connectivity index (χ1) is 7.74. The van der Waals surface area contributed by atoms with Gasteiger partial charge >= 0.3 is 0 Å². The van der Waals surface area contributed by atoms with Crippen LogP contribution in [0.5, 0.6) is 0 Å². The highest BCUT2D eigenvalue weighted by atomic mass is 15.3. The number of hydrogen-bond donors (Lipinski definition) is 1. The van der Waals surface area contributed by atoms with Crippen molar-refractivity contribution in [3.05, 3.63) is 35.8 Å². The molecule has 0 spiro atoms. The Bertz CT molecular complexity index is 526. The van der Waals surface area contributed by atoms with E-state index in [0.717, 1.165) is 17.2 Å². The quantitative estimate of drug-likeness (QED) is 0.832. The summed E-state index contributed by atoms with van der Waals surface area (Å²) in [5.74, 6) is 1.39. The Morgan fingerprint density at radius 1 is 1.31 bits per heavy atom. The van der Waals surface area contributed by atoms with Gasteiger partial charge in [0, 0.05) is 17.8 Å². The second-order valence-corrected chi connectivity index (χ2v) is 4.32. The molecule has 0 bridgehead atoms. The summed E-state index contributed by atoms with van der Waals surface area (Å²) < 4.78 is 1.77. The monoisotopic (exact) mass is 214 g/mol. The molecule has 1 aliphatic carbocycles. The molecule has 2 heterocycles. The smallest absolute Gasteiger partial charge is 0.176 e. The van der Waals surface area contributed by atoms with Crippen LogP contribution in [-0.4, -0.2) is 14.8 Å². The minimum atomic E-state index is 0.660. The predicted octanol–water partition coefficient (Wildman–Crippen LogP) is 2.04. The number of aryl methyl sites for hydroxylation is 1. The van der Waals surface area contributed by atoms with E-state index in [2.05, 4.69) is 16.1 Å². The van der Waals surface area contributed by atoms with Gasteiger partial charge in [-0.2, -0.15) is 5.10 Å². The lowest BCUT2D eigenvalue weighted by Gasteiger charge is -2.05. The van der Waals surface area contributed by atoms with Gasteiger partial charge in [-0.25, -0.2) is 9.67 Å². The van der Waals surface area contributed by atoms with E-state index in [-0.39, 0.29) is 0 Å². The van der Waals surface area contributed by atoms with Gasteiger partial charge in [0.15, 0.2) is 5.82 Å². The van der Waals surface area contributed by atoms with Crippen molar-refractivity contribution in [3.8, 4) is 5.82 Å². The molecule has 0 aromatic carbocycles. The molecule has 0 radical (unpaired) electrons. The van der Waals surface area contributed by atoms with Crippen molar-refractivity contribution in [1.29, 1.82) is 0 Å². The van der Waals surface area contributed by atoms with E-state index >= 15 is 0 Å². The van der Waals surface area contributed by atoms with Crippen LogP contribution in [0.15, 0.2) is 24.4 Å². The Kier molecular flexibility index (Phi) is 1.96. The van der Waals surface area contributed by atoms with Crippen LogP contribution >= 0.6 is 0 Å². The Labute approximate surface area is 94.1 Å². The maximum absolute atomic E-state index is 5.90. The third kappa shape index (κ3) is 1.56. The van der Waals surface area contributed by atoms with Crippen molar-refractivity contribution < 1.29 is 0 Å². The van der Waals surface area contributed by atoms with E-state index in [4.69, 9.17) is 5.73 Å². The van der Waals surface area contributed by atoms with E-state index in [0.29, 0.717) is 11.6 Å². The highest BCUT2D eigenvalue weighted by Gasteiger charge is 2.26. The molecule has 1 fully saturated rings. The number of pyridine rings is 1. The Morgan fingerprint density at radius 3 is 2.88 bits per heavy atom. The molecule has 0 atom stereocenters. The summed E-state index contributed by atoms with van der Waals surface area (Å²) >= 11 is 0. The first-order valence-corrected chi connectivity index (χ1v) is 5.53. The summed E-state index contributed by atoms with van der Waals surface area (Å²) in [4.78, 5) is 4.41. The molecule has 3 rings (SSSR count). The van der Waals surface area contributed by atoms with Gasteiger partial charge in [0.2, 0.25) is 0 Å². The van der Waals surface area contributed by atoms with Gasteiger partial charge in [0.25, 0.3) is 0 Å². The fourth-order valence-corrected chi connectivity index (χ4v) is 1.79. The number of anilines is 1. The van der Waals surface area contributed by atoms with Crippen LogP contribution in [-0.2, 0) is 0 Å². The molecule has 0 saturated heterocycles. The highest BCUT2D eigenvalue weighted by Crippen LogP contribution is 2.39. The minimum absolute atomic E-state index is 0.660. The number of rotatable bonds is 2. The van der Waals surface area contributed by atoms with Crippen LogP contribution in [0.3, 0.4) is 0 Å². The second-order valence-electron chi connectivity index (χ2n) is 4.32. The van der Waals surface area contributed by atoms with Gasteiger partial charge < -0.3 is 5.73 Å². The van der Waals surface area contributed by atoms with Gasteiger partial charge in [-0.15, -0.1) is 0 Å². The third-order valence-corrected chi connectivity index (χ3v) is 2.87. The van der Waals surface area contributed by atoms with E-state index in [1.807, 2.05) is 25.3 Å². The lowest BCUT2D eigenvalue weighted by atomic mass is 10.3. The van der Waals surface area contributed by atoms with E-state index in [1.165, 1.54) is 12.8 Å². The number of hydrogen-bond acceptors (Lipinski definition) is 3. The van der Waals surface area contributed by atoms with Crippen LogP contribution in [0.4, 0.5) is 5.69 Å². The largest absolute Gasteiger partial charge is 0.396 e. The molecule has 82 valence electrons. The fraction of sp³-hybridized carbons (Fsp3) is 0.333. The van der Waals surface area contributed by atoms with Crippen molar-refractivity contribution in [3.63, 3.8) is 0 Å². The van der Waals surface area contributed by atoms with Gasteiger partial charge in [0.1, 0.15) is 0 Å². The van der Waals surface area contributed by atoms with Gasteiger partial charge in [0.05, 0.1) is 11.4 Å². The number of nitrogen functional groups attached to an aromatic ring is 1. The first kappa shape index (κ1) is 9.39. The minimum Gasteiger partial charge on any atom is -0.396 e. The summed E-state index contributed by atoms with van der Waals surface area (Å²) in [5, 5.41) is 4.52. The summed E-state index contributed by atoms with van der Waals surface area (Å²) in [6.07, 6.45) is 4.45. The van der Waals surface area contributed by atoms with Crippen LogP contribution in [0.2, 0.25) is 0 Å². The van der Waals surface area contributed by atoms with Crippen LogP contribution < -0.4 is 5.73 Å². The van der Waals surface area contributed by atoms with E-state index in [1.54, 1.807) is 4.68 Å². The molecule has 0 unspecified atom stereocenters. The Hall–Kier alpha value is -1.84.